The largest absolute Gasteiger partial charge is 0.317 e. The SMILES string of the molecule is CCNCCc1ccc(S(=O)(=O)N2CCCSCC2)cc1. The maximum atomic E-state index is 12.6. The summed E-state index contributed by atoms with van der Waals surface area (Å²) in [6, 6.07) is 7.34. The first-order valence-electron chi connectivity index (χ1n) is 7.52. The van der Waals surface area contributed by atoms with E-state index in [0.717, 1.165) is 37.4 Å². The molecule has 118 valence electrons. The van der Waals surface area contributed by atoms with E-state index in [9.17, 15) is 8.42 Å². The van der Waals surface area contributed by atoms with Gasteiger partial charge < -0.3 is 5.32 Å². The zero-order valence-electron chi connectivity index (χ0n) is 12.5. The van der Waals surface area contributed by atoms with Gasteiger partial charge in [0.05, 0.1) is 4.90 Å². The van der Waals surface area contributed by atoms with Crippen LogP contribution in [-0.4, -0.2) is 50.4 Å². The van der Waals surface area contributed by atoms with Crippen molar-refractivity contribution in [3.05, 3.63) is 29.8 Å². The van der Waals surface area contributed by atoms with Gasteiger partial charge in [0.2, 0.25) is 10.0 Å². The van der Waals surface area contributed by atoms with Crippen LogP contribution in [0.3, 0.4) is 0 Å². The predicted molar refractivity (Wildman–Crippen MR) is 89.4 cm³/mol. The molecule has 1 heterocycles. The Labute approximate surface area is 132 Å². The number of likely N-dealkylation sites (N-methyl/N-ethyl adjacent to an activating group) is 1. The van der Waals surface area contributed by atoms with E-state index in [-0.39, 0.29) is 0 Å². The standard InChI is InChI=1S/C15H24N2O2S2/c1-2-16-9-8-14-4-6-15(7-5-14)21(18,19)17-10-3-12-20-13-11-17/h4-7,16H,2-3,8-13H2,1H3. The van der Waals surface area contributed by atoms with E-state index in [4.69, 9.17) is 0 Å². The molecule has 0 saturated carbocycles. The molecule has 1 aliphatic heterocycles. The molecular weight excluding hydrogens is 304 g/mol. The van der Waals surface area contributed by atoms with Crippen LogP contribution in [0.1, 0.15) is 18.9 Å². The van der Waals surface area contributed by atoms with Crippen molar-refractivity contribution in [2.45, 2.75) is 24.7 Å². The summed E-state index contributed by atoms with van der Waals surface area (Å²) in [6.45, 7) is 5.22. The number of hydrogen-bond donors (Lipinski definition) is 1. The van der Waals surface area contributed by atoms with E-state index in [1.165, 1.54) is 5.56 Å². The first-order valence-corrected chi connectivity index (χ1v) is 10.1. The first kappa shape index (κ1) is 16.8. The third kappa shape index (κ3) is 4.71. The lowest BCUT2D eigenvalue weighted by Crippen LogP contribution is -2.33. The maximum absolute atomic E-state index is 12.6. The molecule has 1 aromatic rings. The molecule has 1 fully saturated rings. The summed E-state index contributed by atoms with van der Waals surface area (Å²) < 4.78 is 26.9. The van der Waals surface area contributed by atoms with Gasteiger partial charge in [0, 0.05) is 18.8 Å². The van der Waals surface area contributed by atoms with E-state index < -0.39 is 10.0 Å². The van der Waals surface area contributed by atoms with Crippen molar-refractivity contribution in [3.63, 3.8) is 0 Å². The number of rotatable bonds is 6. The summed E-state index contributed by atoms with van der Waals surface area (Å²) in [5.41, 5.74) is 1.17. The molecule has 6 heteroatoms. The van der Waals surface area contributed by atoms with Gasteiger partial charge in [0.15, 0.2) is 0 Å². The highest BCUT2D eigenvalue weighted by Crippen LogP contribution is 2.20. The zero-order valence-corrected chi connectivity index (χ0v) is 14.2. The fourth-order valence-electron chi connectivity index (χ4n) is 2.35. The van der Waals surface area contributed by atoms with Gasteiger partial charge in [-0.25, -0.2) is 8.42 Å². The minimum atomic E-state index is -3.32. The third-order valence-electron chi connectivity index (χ3n) is 3.58. The summed E-state index contributed by atoms with van der Waals surface area (Å²) in [5.74, 6) is 1.94. The molecule has 0 radical (unpaired) electrons. The van der Waals surface area contributed by atoms with Crippen molar-refractivity contribution >= 4 is 21.8 Å². The second-order valence-electron chi connectivity index (χ2n) is 5.12. The summed E-state index contributed by atoms with van der Waals surface area (Å²) >= 11 is 1.83. The Morgan fingerprint density at radius 3 is 2.67 bits per heavy atom. The molecule has 1 saturated heterocycles. The van der Waals surface area contributed by atoms with Crippen LogP contribution in [0.15, 0.2) is 29.2 Å². The fraction of sp³-hybridized carbons (Fsp3) is 0.600. The molecule has 0 amide bonds. The molecule has 1 aromatic carbocycles. The molecule has 0 aliphatic carbocycles. The van der Waals surface area contributed by atoms with E-state index in [2.05, 4.69) is 12.2 Å². The molecule has 0 spiro atoms. The van der Waals surface area contributed by atoms with Gasteiger partial charge >= 0.3 is 0 Å². The number of nitrogens with zero attached hydrogens (tertiary/aromatic N) is 1. The van der Waals surface area contributed by atoms with Crippen LogP contribution >= 0.6 is 11.8 Å². The van der Waals surface area contributed by atoms with Crippen LogP contribution in [0.25, 0.3) is 0 Å². The van der Waals surface area contributed by atoms with Crippen molar-refractivity contribution in [1.82, 2.24) is 9.62 Å². The lowest BCUT2D eigenvalue weighted by atomic mass is 10.1. The van der Waals surface area contributed by atoms with Crippen molar-refractivity contribution in [2.24, 2.45) is 0 Å². The van der Waals surface area contributed by atoms with E-state index in [0.29, 0.717) is 18.0 Å². The molecular formula is C15H24N2O2S2. The summed E-state index contributed by atoms with van der Waals surface area (Å²) in [6.07, 6.45) is 1.86. The highest BCUT2D eigenvalue weighted by atomic mass is 32.2. The molecule has 0 atom stereocenters. The predicted octanol–water partition coefficient (Wildman–Crippen LogP) is 1.97. The molecule has 2 rings (SSSR count). The van der Waals surface area contributed by atoms with Crippen molar-refractivity contribution < 1.29 is 8.42 Å². The average Bonchev–Trinajstić information content (AvgIpc) is 2.78. The highest BCUT2D eigenvalue weighted by molar-refractivity contribution is 7.99. The number of thioether (sulfide) groups is 1. The molecule has 1 N–H and O–H groups in total. The Bertz CT molecular complexity index is 521. The van der Waals surface area contributed by atoms with Crippen LogP contribution in [-0.2, 0) is 16.4 Å². The summed E-state index contributed by atoms with van der Waals surface area (Å²) in [7, 11) is -3.32. The Morgan fingerprint density at radius 2 is 1.95 bits per heavy atom. The van der Waals surface area contributed by atoms with E-state index >= 15 is 0 Å². The minimum absolute atomic E-state index is 0.418. The smallest absolute Gasteiger partial charge is 0.243 e. The van der Waals surface area contributed by atoms with Crippen LogP contribution in [0.2, 0.25) is 0 Å². The van der Waals surface area contributed by atoms with Crippen LogP contribution in [0, 0.1) is 0 Å². The second kappa shape index (κ2) is 8.17. The number of sulfonamides is 1. The molecule has 0 aromatic heterocycles. The quantitative estimate of drug-likeness (QED) is 0.811. The Hall–Kier alpha value is -0.560. The van der Waals surface area contributed by atoms with Crippen molar-refractivity contribution in [1.29, 1.82) is 0 Å². The van der Waals surface area contributed by atoms with Gasteiger partial charge in [0.1, 0.15) is 0 Å². The Balaban J connectivity index is 2.05. The average molecular weight is 329 g/mol. The summed E-state index contributed by atoms with van der Waals surface area (Å²) in [5, 5.41) is 3.27. The normalized spacial score (nSPS) is 17.6. The minimum Gasteiger partial charge on any atom is -0.317 e. The lowest BCUT2D eigenvalue weighted by molar-refractivity contribution is 0.435. The molecule has 21 heavy (non-hydrogen) atoms. The highest BCUT2D eigenvalue weighted by Gasteiger charge is 2.24. The van der Waals surface area contributed by atoms with Gasteiger partial charge in [-0.05, 0) is 49.4 Å². The Kier molecular flexibility index (Phi) is 6.54. The van der Waals surface area contributed by atoms with Crippen molar-refractivity contribution in [3.8, 4) is 0 Å². The topological polar surface area (TPSA) is 49.4 Å². The van der Waals surface area contributed by atoms with Gasteiger partial charge in [-0.3, -0.25) is 0 Å². The van der Waals surface area contributed by atoms with Gasteiger partial charge in [0.25, 0.3) is 0 Å². The van der Waals surface area contributed by atoms with Gasteiger partial charge in [-0.2, -0.15) is 16.1 Å². The first-order chi connectivity index (χ1) is 10.1. The maximum Gasteiger partial charge on any atom is 0.243 e. The second-order valence-corrected chi connectivity index (χ2v) is 8.28. The van der Waals surface area contributed by atoms with Crippen LogP contribution in [0.4, 0.5) is 0 Å². The molecule has 0 bridgehead atoms. The number of hydrogen-bond acceptors (Lipinski definition) is 4. The third-order valence-corrected chi connectivity index (χ3v) is 6.54. The number of benzene rings is 1. The van der Waals surface area contributed by atoms with E-state index in [1.807, 2.05) is 23.9 Å². The van der Waals surface area contributed by atoms with Crippen LogP contribution in [0.5, 0.6) is 0 Å². The fourth-order valence-corrected chi connectivity index (χ4v) is 4.83. The Morgan fingerprint density at radius 1 is 1.19 bits per heavy atom. The van der Waals surface area contributed by atoms with E-state index in [1.54, 1.807) is 16.4 Å². The molecule has 1 aliphatic rings. The summed E-state index contributed by atoms with van der Waals surface area (Å²) in [4.78, 5) is 0.418. The van der Waals surface area contributed by atoms with Gasteiger partial charge in [-0.1, -0.05) is 19.1 Å². The van der Waals surface area contributed by atoms with Crippen molar-refractivity contribution in [2.75, 3.05) is 37.7 Å². The number of nitrogens with one attached hydrogen (secondary N) is 1. The van der Waals surface area contributed by atoms with Gasteiger partial charge in [-0.15, -0.1) is 0 Å². The zero-order chi connectivity index (χ0) is 15.1. The monoisotopic (exact) mass is 328 g/mol. The van der Waals surface area contributed by atoms with Crippen LogP contribution < -0.4 is 5.32 Å². The molecule has 0 unspecified atom stereocenters. The lowest BCUT2D eigenvalue weighted by Gasteiger charge is -2.19. The molecule has 4 nitrogen and oxygen atoms in total.